The zero-order chi connectivity index (χ0) is 28.4. The predicted molar refractivity (Wildman–Crippen MR) is 149 cm³/mol. The Morgan fingerprint density at radius 3 is 2.19 bits per heavy atom. The molecule has 0 unspecified atom stereocenters. The predicted octanol–water partition coefficient (Wildman–Crippen LogP) is 8.81. The highest BCUT2D eigenvalue weighted by Crippen LogP contribution is 2.44. The van der Waals surface area contributed by atoms with Crippen molar-refractivity contribution < 1.29 is 13.1 Å². The molecular weight excluding hydrogens is 440 g/mol. The van der Waals surface area contributed by atoms with E-state index in [1.807, 2.05) is 108 Å². The van der Waals surface area contributed by atoms with Gasteiger partial charge in [-0.1, -0.05) is 75.4 Å². The molecule has 2 heterocycles. The van der Waals surface area contributed by atoms with Gasteiger partial charge in [-0.2, -0.15) is 4.57 Å². The molecule has 0 atom stereocenters. The second-order valence-corrected chi connectivity index (χ2v) is 10.5. The summed E-state index contributed by atoms with van der Waals surface area (Å²) in [5, 5.41) is 1.84. The SMILES string of the molecule is [2H]c1c(C)c(C([2H])([2H])C(C)(C)C)c(C)[n+](C)c1-c1c(C)ccc2c1oc1c(-c3ccccc3)c([N+]#[C-])ccc12. The summed E-state index contributed by atoms with van der Waals surface area (Å²) >= 11 is 0. The lowest BCUT2D eigenvalue weighted by atomic mass is 9.85. The number of aryl methyl sites for hydroxylation is 1. The third-order valence-electron chi connectivity index (χ3n) is 6.80. The van der Waals surface area contributed by atoms with Gasteiger partial charge in [0.2, 0.25) is 5.69 Å². The van der Waals surface area contributed by atoms with Crippen LogP contribution in [-0.2, 0) is 13.4 Å². The van der Waals surface area contributed by atoms with Crippen LogP contribution in [0.15, 0.2) is 65.1 Å². The van der Waals surface area contributed by atoms with Gasteiger partial charge < -0.3 is 4.42 Å². The maximum Gasteiger partial charge on any atom is 0.216 e. The number of fused-ring (bicyclic) bond motifs is 3. The normalized spacial score (nSPS) is 13.4. The average Bonchev–Trinajstić information content (AvgIpc) is 3.26. The van der Waals surface area contributed by atoms with Crippen molar-refractivity contribution in [3.05, 3.63) is 94.4 Å². The first kappa shape index (κ1) is 20.3. The van der Waals surface area contributed by atoms with Crippen LogP contribution in [-0.4, -0.2) is 0 Å². The van der Waals surface area contributed by atoms with E-state index in [2.05, 4.69) is 4.85 Å². The Morgan fingerprint density at radius 1 is 0.917 bits per heavy atom. The summed E-state index contributed by atoms with van der Waals surface area (Å²) in [4.78, 5) is 3.79. The van der Waals surface area contributed by atoms with Crippen LogP contribution in [0.1, 0.15) is 47.3 Å². The Balaban J connectivity index is 1.90. The summed E-state index contributed by atoms with van der Waals surface area (Å²) < 4.78 is 35.9. The quantitative estimate of drug-likeness (QED) is 0.188. The summed E-state index contributed by atoms with van der Waals surface area (Å²) in [5.41, 5.74) is 7.32. The number of hydrogen-bond acceptors (Lipinski definition) is 1. The van der Waals surface area contributed by atoms with Crippen molar-refractivity contribution in [2.75, 3.05) is 0 Å². The highest BCUT2D eigenvalue weighted by molar-refractivity contribution is 6.15. The molecule has 0 saturated heterocycles. The van der Waals surface area contributed by atoms with E-state index in [-0.39, 0.29) is 6.04 Å². The molecule has 3 heteroatoms. The monoisotopic (exact) mass is 476 g/mol. The maximum atomic E-state index is 9.27. The van der Waals surface area contributed by atoms with Crippen molar-refractivity contribution in [2.45, 2.75) is 47.9 Å². The van der Waals surface area contributed by atoms with Gasteiger partial charge in [0, 0.05) is 37.6 Å². The van der Waals surface area contributed by atoms with Gasteiger partial charge in [-0.15, -0.1) is 0 Å². The molecule has 0 radical (unpaired) electrons. The molecule has 0 saturated carbocycles. The highest BCUT2D eigenvalue weighted by atomic mass is 16.3. The molecule has 0 bridgehead atoms. The van der Waals surface area contributed by atoms with Gasteiger partial charge >= 0.3 is 0 Å². The van der Waals surface area contributed by atoms with Gasteiger partial charge in [0.25, 0.3) is 0 Å². The second-order valence-electron chi connectivity index (χ2n) is 10.5. The highest BCUT2D eigenvalue weighted by Gasteiger charge is 2.27. The zero-order valence-electron chi connectivity index (χ0n) is 25.0. The Labute approximate surface area is 218 Å². The van der Waals surface area contributed by atoms with Crippen LogP contribution >= 0.6 is 0 Å². The number of nitrogens with zero attached hydrogens (tertiary/aromatic N) is 2. The molecule has 0 fully saturated rings. The number of pyridine rings is 1. The second kappa shape index (κ2) is 8.64. The fraction of sp³-hybridized carbons (Fsp3) is 0.273. The summed E-state index contributed by atoms with van der Waals surface area (Å²) in [6, 6.07) is 18.0. The fourth-order valence-electron chi connectivity index (χ4n) is 4.98. The van der Waals surface area contributed by atoms with Gasteiger partial charge in [0.15, 0.2) is 11.4 Å². The maximum absolute atomic E-state index is 9.27. The Bertz CT molecular complexity index is 1790. The van der Waals surface area contributed by atoms with Gasteiger partial charge in [0.1, 0.15) is 18.2 Å². The first-order valence-electron chi connectivity index (χ1n) is 13.7. The van der Waals surface area contributed by atoms with Crippen LogP contribution < -0.4 is 4.57 Å². The van der Waals surface area contributed by atoms with E-state index < -0.39 is 11.8 Å². The third kappa shape index (κ3) is 3.88. The lowest BCUT2D eigenvalue weighted by Gasteiger charge is -2.21. The number of furan rings is 1. The molecule has 0 spiro atoms. The van der Waals surface area contributed by atoms with Crippen molar-refractivity contribution in [3.63, 3.8) is 0 Å². The van der Waals surface area contributed by atoms with Crippen molar-refractivity contribution in [2.24, 2.45) is 12.5 Å². The van der Waals surface area contributed by atoms with E-state index in [0.717, 1.165) is 38.7 Å². The molecule has 0 aliphatic heterocycles. The van der Waals surface area contributed by atoms with Gasteiger partial charge in [-0.3, -0.25) is 0 Å². The molecule has 3 nitrogen and oxygen atoms in total. The largest absolute Gasteiger partial charge is 0.456 e. The van der Waals surface area contributed by atoms with Crippen LogP contribution in [0.25, 0.3) is 49.2 Å². The van der Waals surface area contributed by atoms with Gasteiger partial charge in [-0.25, -0.2) is 4.85 Å². The summed E-state index contributed by atoms with van der Waals surface area (Å²) in [6.45, 7) is 19.3. The lowest BCUT2D eigenvalue weighted by molar-refractivity contribution is -0.667. The molecule has 180 valence electrons. The van der Waals surface area contributed by atoms with Crippen molar-refractivity contribution in [1.82, 2.24) is 0 Å². The van der Waals surface area contributed by atoms with Crippen molar-refractivity contribution >= 4 is 27.6 Å². The number of rotatable bonds is 3. The Hall–Kier alpha value is -3.90. The van der Waals surface area contributed by atoms with Crippen LogP contribution in [0.5, 0.6) is 0 Å². The molecule has 0 aliphatic carbocycles. The molecule has 5 aromatic rings. The van der Waals surface area contributed by atoms with E-state index in [1.54, 1.807) is 0 Å². The van der Waals surface area contributed by atoms with E-state index in [1.165, 1.54) is 0 Å². The molecule has 3 aromatic carbocycles. The number of benzene rings is 3. The minimum atomic E-state index is -1.63. The van der Waals surface area contributed by atoms with Crippen molar-refractivity contribution in [1.29, 1.82) is 0 Å². The van der Waals surface area contributed by atoms with Crippen molar-refractivity contribution in [3.8, 4) is 22.4 Å². The van der Waals surface area contributed by atoms with E-state index in [4.69, 9.17) is 13.7 Å². The molecule has 0 N–H and O–H groups in total. The van der Waals surface area contributed by atoms with Crippen LogP contribution in [0.4, 0.5) is 5.69 Å². The molecular formula is C33H33N2O+. The molecule has 2 aromatic heterocycles. The first-order valence-corrected chi connectivity index (χ1v) is 12.2. The number of hydrogen-bond donors (Lipinski definition) is 0. The molecule has 36 heavy (non-hydrogen) atoms. The lowest BCUT2D eigenvalue weighted by Crippen LogP contribution is -2.37. The van der Waals surface area contributed by atoms with Crippen LogP contribution in [0.3, 0.4) is 0 Å². The summed E-state index contributed by atoms with van der Waals surface area (Å²) in [5.74, 6) is 0. The average molecular weight is 477 g/mol. The standard InChI is InChI=1S/C33H33N2O/c1-20-14-15-24-25-16-17-27(34-7)30(23-12-10-9-11-13-23)32(25)36-31(24)29(20)28-18-21(2)26(19-33(4,5)6)22(3)35(28)8/h9-18H,19H2,1-6,8H3/q+1/i18D,19D2. The smallest absolute Gasteiger partial charge is 0.216 e. The summed E-state index contributed by atoms with van der Waals surface area (Å²) in [7, 11) is 1.90. The zero-order valence-corrected chi connectivity index (χ0v) is 22.0. The Morgan fingerprint density at radius 2 is 1.56 bits per heavy atom. The van der Waals surface area contributed by atoms with Gasteiger partial charge in [-0.05, 0) is 42.3 Å². The first-order chi connectivity index (χ1) is 18.3. The van der Waals surface area contributed by atoms with E-state index in [9.17, 15) is 1.37 Å². The topological polar surface area (TPSA) is 21.4 Å². The number of aromatic nitrogens is 1. The Kier molecular flexibility index (Phi) is 4.88. The fourth-order valence-corrected chi connectivity index (χ4v) is 4.98. The molecule has 0 aliphatic rings. The third-order valence-corrected chi connectivity index (χ3v) is 6.80. The minimum absolute atomic E-state index is 0.285. The molecule has 5 rings (SSSR count). The van der Waals surface area contributed by atoms with Gasteiger partial charge in [0.05, 0.1) is 13.5 Å². The summed E-state index contributed by atoms with van der Waals surface area (Å²) in [6.07, 6.45) is -1.63. The molecule has 0 amide bonds. The minimum Gasteiger partial charge on any atom is -0.456 e. The van der Waals surface area contributed by atoms with E-state index >= 15 is 0 Å². The van der Waals surface area contributed by atoms with Crippen LogP contribution in [0.2, 0.25) is 0 Å². The van der Waals surface area contributed by atoms with Crippen LogP contribution in [0, 0.1) is 32.8 Å². The van der Waals surface area contributed by atoms with E-state index in [0.29, 0.717) is 33.7 Å².